The second-order valence-corrected chi connectivity index (χ2v) is 16.8. The molecular weight excluding hydrogens is 795 g/mol. The Bertz CT molecular complexity index is 4250. The van der Waals surface area contributed by atoms with Gasteiger partial charge in [0.25, 0.3) is 0 Å². The zero-order valence-electron chi connectivity index (χ0n) is 34.9. The van der Waals surface area contributed by atoms with E-state index < -0.39 is 0 Å². The Morgan fingerprint density at radius 2 is 0.877 bits per heavy atom. The molecule has 0 bridgehead atoms. The Labute approximate surface area is 371 Å². The molecule has 65 heavy (non-hydrogen) atoms. The van der Waals surface area contributed by atoms with E-state index in [2.05, 4.69) is 209 Å². The zero-order valence-corrected chi connectivity index (χ0v) is 34.9. The Hall–Kier alpha value is -8.87. The van der Waals surface area contributed by atoms with Gasteiger partial charge in [0.05, 0.1) is 27.8 Å². The van der Waals surface area contributed by atoms with E-state index in [1.165, 1.54) is 21.5 Å². The maximum absolute atomic E-state index is 6.78. The summed E-state index contributed by atoms with van der Waals surface area (Å²) in [6.45, 7) is 0. The number of nitrogens with zero attached hydrogens (tertiary/aromatic N) is 5. The van der Waals surface area contributed by atoms with Gasteiger partial charge in [-0.3, -0.25) is 0 Å². The Morgan fingerprint density at radius 3 is 1.66 bits per heavy atom. The Kier molecular flexibility index (Phi) is 7.59. The van der Waals surface area contributed by atoms with Crippen LogP contribution in [0.2, 0.25) is 0 Å². The van der Waals surface area contributed by atoms with Gasteiger partial charge in [0.15, 0.2) is 17.5 Å². The van der Waals surface area contributed by atoms with Crippen LogP contribution in [-0.2, 0) is 0 Å². The fraction of sp³-hybridized carbons (Fsp3) is 0. The van der Waals surface area contributed by atoms with E-state index in [0.29, 0.717) is 17.5 Å². The fourth-order valence-electron chi connectivity index (χ4n) is 10.2. The highest BCUT2D eigenvalue weighted by molar-refractivity contribution is 6.16. The van der Waals surface area contributed by atoms with Crippen molar-refractivity contribution in [1.82, 2.24) is 24.1 Å². The molecule has 6 nitrogen and oxygen atoms in total. The van der Waals surface area contributed by atoms with Gasteiger partial charge in [0.1, 0.15) is 11.2 Å². The van der Waals surface area contributed by atoms with Crippen molar-refractivity contribution in [3.63, 3.8) is 0 Å². The van der Waals surface area contributed by atoms with E-state index in [-0.39, 0.29) is 0 Å². The minimum Gasteiger partial charge on any atom is -0.456 e. The lowest BCUT2D eigenvalue weighted by molar-refractivity contribution is 0.668. The number of para-hydroxylation sites is 4. The van der Waals surface area contributed by atoms with E-state index in [0.717, 1.165) is 93.6 Å². The highest BCUT2D eigenvalue weighted by Gasteiger charge is 2.23. The zero-order chi connectivity index (χ0) is 42.6. The van der Waals surface area contributed by atoms with Crippen molar-refractivity contribution in [2.24, 2.45) is 0 Å². The van der Waals surface area contributed by atoms with E-state index >= 15 is 0 Å². The predicted molar refractivity (Wildman–Crippen MR) is 267 cm³/mol. The first-order valence-corrected chi connectivity index (χ1v) is 21.9. The van der Waals surface area contributed by atoms with E-state index in [1.54, 1.807) is 0 Å². The third-order valence-corrected chi connectivity index (χ3v) is 13.1. The van der Waals surface area contributed by atoms with Crippen LogP contribution in [0.25, 0.3) is 133 Å². The second-order valence-electron chi connectivity index (χ2n) is 16.8. The lowest BCUT2D eigenvalue weighted by Crippen LogP contribution is -2.02. The molecule has 0 N–H and O–H groups in total. The number of hydrogen-bond acceptors (Lipinski definition) is 4. The SMILES string of the molecule is c1ccc(-n2c3ccccc3c3cc(-c4nc(-c5cccc6ccccc56)nc(-c5cc(-n6c7ccccc7c7cc8ccccc8cc76)cc6oc7ccccc7c56)n4)ccc32)cc1. The van der Waals surface area contributed by atoms with E-state index in [9.17, 15) is 0 Å². The van der Waals surface area contributed by atoms with Crippen molar-refractivity contribution in [2.75, 3.05) is 0 Å². The largest absolute Gasteiger partial charge is 0.456 e. The molecule has 0 saturated carbocycles. The molecule has 0 radical (unpaired) electrons. The van der Waals surface area contributed by atoms with Crippen LogP contribution in [0.3, 0.4) is 0 Å². The average molecular weight is 830 g/mol. The number of benzene rings is 10. The summed E-state index contributed by atoms with van der Waals surface area (Å²) in [5, 5.41) is 11.2. The van der Waals surface area contributed by atoms with Crippen molar-refractivity contribution >= 4 is 87.1 Å². The van der Waals surface area contributed by atoms with Crippen LogP contribution < -0.4 is 0 Å². The third kappa shape index (κ3) is 5.44. The van der Waals surface area contributed by atoms with Crippen LogP contribution in [0.1, 0.15) is 0 Å². The summed E-state index contributed by atoms with van der Waals surface area (Å²) in [6.07, 6.45) is 0. The minimum absolute atomic E-state index is 0.564. The molecule has 302 valence electrons. The molecule has 0 unspecified atom stereocenters. The number of aromatic nitrogens is 5. The molecule has 14 rings (SSSR count). The molecule has 0 amide bonds. The minimum atomic E-state index is 0.564. The van der Waals surface area contributed by atoms with Gasteiger partial charge in [-0.25, -0.2) is 15.0 Å². The highest BCUT2D eigenvalue weighted by Crippen LogP contribution is 2.42. The molecule has 4 aromatic heterocycles. The smallest absolute Gasteiger partial charge is 0.164 e. The van der Waals surface area contributed by atoms with Gasteiger partial charge in [-0.15, -0.1) is 0 Å². The summed E-state index contributed by atoms with van der Waals surface area (Å²) >= 11 is 0. The topological polar surface area (TPSA) is 61.7 Å². The molecule has 10 aromatic carbocycles. The predicted octanol–water partition coefficient (Wildman–Crippen LogP) is 15.3. The first-order chi connectivity index (χ1) is 32.2. The number of furan rings is 1. The lowest BCUT2D eigenvalue weighted by atomic mass is 10.0. The average Bonchev–Trinajstić information content (AvgIpc) is 4.02. The number of rotatable bonds is 5. The van der Waals surface area contributed by atoms with Crippen LogP contribution in [0.15, 0.2) is 217 Å². The number of fused-ring (bicyclic) bond motifs is 11. The summed E-state index contributed by atoms with van der Waals surface area (Å²) in [7, 11) is 0. The van der Waals surface area contributed by atoms with Crippen molar-refractivity contribution < 1.29 is 4.42 Å². The van der Waals surface area contributed by atoms with E-state index in [4.69, 9.17) is 19.4 Å². The summed E-state index contributed by atoms with van der Waals surface area (Å²) in [4.78, 5) is 16.3. The van der Waals surface area contributed by atoms with Crippen LogP contribution in [-0.4, -0.2) is 24.1 Å². The highest BCUT2D eigenvalue weighted by atomic mass is 16.3. The molecule has 0 aliphatic carbocycles. The first kappa shape index (κ1) is 35.7. The monoisotopic (exact) mass is 829 g/mol. The maximum atomic E-state index is 6.78. The number of hydrogen-bond donors (Lipinski definition) is 0. The normalized spacial score (nSPS) is 12.0. The van der Waals surface area contributed by atoms with Gasteiger partial charge < -0.3 is 13.6 Å². The molecule has 0 saturated heterocycles. The Balaban J connectivity index is 1.07. The van der Waals surface area contributed by atoms with Gasteiger partial charge in [-0.2, -0.15) is 0 Å². The van der Waals surface area contributed by atoms with Crippen LogP contribution in [0.4, 0.5) is 0 Å². The lowest BCUT2D eigenvalue weighted by Gasteiger charge is -2.14. The van der Waals surface area contributed by atoms with Crippen LogP contribution >= 0.6 is 0 Å². The molecule has 0 aliphatic rings. The molecule has 14 aromatic rings. The summed E-state index contributed by atoms with van der Waals surface area (Å²) < 4.78 is 11.5. The Morgan fingerprint density at radius 1 is 0.308 bits per heavy atom. The van der Waals surface area contributed by atoms with Crippen molar-refractivity contribution in [1.29, 1.82) is 0 Å². The van der Waals surface area contributed by atoms with Crippen LogP contribution in [0, 0.1) is 0 Å². The van der Waals surface area contributed by atoms with Crippen molar-refractivity contribution in [3.05, 3.63) is 212 Å². The van der Waals surface area contributed by atoms with Gasteiger partial charge in [0.2, 0.25) is 0 Å². The molecule has 0 fully saturated rings. The second kappa shape index (κ2) is 13.8. The van der Waals surface area contributed by atoms with Gasteiger partial charge >= 0.3 is 0 Å². The fourth-order valence-corrected chi connectivity index (χ4v) is 10.2. The van der Waals surface area contributed by atoms with Gasteiger partial charge in [-0.05, 0) is 88.3 Å². The molecule has 0 spiro atoms. The van der Waals surface area contributed by atoms with E-state index in [1.807, 2.05) is 12.1 Å². The molecule has 4 heterocycles. The quantitative estimate of drug-likeness (QED) is 0.173. The molecular formula is C59H35N5O. The van der Waals surface area contributed by atoms with Crippen LogP contribution in [0.5, 0.6) is 0 Å². The van der Waals surface area contributed by atoms with Gasteiger partial charge in [0, 0.05) is 60.8 Å². The third-order valence-electron chi connectivity index (χ3n) is 13.1. The van der Waals surface area contributed by atoms with Gasteiger partial charge in [-0.1, -0.05) is 140 Å². The van der Waals surface area contributed by atoms with Crippen molar-refractivity contribution in [2.45, 2.75) is 0 Å². The molecule has 0 aliphatic heterocycles. The standard InChI is InChI=1S/C59H35N5O/c1-2-19-40(20-3-1)63-50-26-11-8-22-43(50)47-32-39(29-30-52(47)63)57-60-58(45-25-14-18-36-15-6-7-21-42(36)45)62-59(61-57)49-34-41(35-55-56(49)46-24-10-13-28-54(46)65-55)64-51-27-12-9-23-44(51)48-31-37-16-4-5-17-38(37)33-53(48)64/h1-35H. The summed E-state index contributed by atoms with van der Waals surface area (Å²) in [5.74, 6) is 1.75. The first-order valence-electron chi connectivity index (χ1n) is 21.9. The maximum Gasteiger partial charge on any atom is 0.164 e. The summed E-state index contributed by atoms with van der Waals surface area (Å²) in [5.41, 5.74) is 10.8. The molecule has 0 atom stereocenters. The molecule has 6 heteroatoms. The van der Waals surface area contributed by atoms with Crippen molar-refractivity contribution in [3.8, 4) is 45.5 Å². The summed E-state index contributed by atoms with van der Waals surface area (Å²) in [6, 6.07) is 75.0.